The first-order valence-electron chi connectivity index (χ1n) is 6.46. The van der Waals surface area contributed by atoms with Crippen LogP contribution in [0.4, 0.5) is 4.79 Å². The molecule has 2 unspecified atom stereocenters. The summed E-state index contributed by atoms with van der Waals surface area (Å²) in [6.45, 7) is 5.50. The number of ether oxygens (including phenoxy) is 2. The lowest BCUT2D eigenvalue weighted by atomic mass is 10.2. The monoisotopic (exact) mass is 297 g/mol. The van der Waals surface area contributed by atoms with E-state index in [1.807, 2.05) is 26.8 Å². The fraction of sp³-hybridized carbons (Fsp3) is 0.571. The Morgan fingerprint density at radius 2 is 2.10 bits per heavy atom. The van der Waals surface area contributed by atoms with Gasteiger partial charge in [-0.3, -0.25) is 0 Å². The smallest absolute Gasteiger partial charge is 0.407 e. The summed E-state index contributed by atoms with van der Waals surface area (Å²) in [5, 5.41) is 4.62. The molecule has 0 radical (unpaired) electrons. The van der Waals surface area contributed by atoms with E-state index in [2.05, 4.69) is 10.1 Å². The van der Waals surface area contributed by atoms with E-state index in [-0.39, 0.29) is 17.9 Å². The molecule has 1 aromatic rings. The molecular weight excluding hydrogens is 278 g/mol. The lowest BCUT2D eigenvalue weighted by Gasteiger charge is -2.19. The molecule has 2 rings (SSSR count). The lowest BCUT2D eigenvalue weighted by Crippen LogP contribution is -2.34. The first-order valence-corrected chi connectivity index (χ1v) is 7.34. The van der Waals surface area contributed by atoms with Gasteiger partial charge in [-0.25, -0.2) is 9.59 Å². The third kappa shape index (κ3) is 3.72. The van der Waals surface area contributed by atoms with Gasteiger partial charge in [0.05, 0.1) is 12.7 Å². The summed E-state index contributed by atoms with van der Waals surface area (Å²) in [5.41, 5.74) is 0.0746. The molecule has 6 heteroatoms. The zero-order valence-electron chi connectivity index (χ0n) is 12.1. The Balaban J connectivity index is 1.87. The number of amides is 1. The molecule has 1 amide bonds. The molecule has 0 aromatic carbocycles. The molecule has 0 spiro atoms. The highest BCUT2D eigenvalue weighted by atomic mass is 32.1. The van der Waals surface area contributed by atoms with Crippen molar-refractivity contribution < 1.29 is 19.1 Å². The van der Waals surface area contributed by atoms with Crippen LogP contribution in [0.1, 0.15) is 48.3 Å². The molecule has 1 aromatic heterocycles. The number of nitrogens with one attached hydrogen (secondary N) is 1. The van der Waals surface area contributed by atoms with Crippen LogP contribution in [0.25, 0.3) is 0 Å². The maximum absolute atomic E-state index is 11.6. The van der Waals surface area contributed by atoms with Gasteiger partial charge in [0.25, 0.3) is 0 Å². The predicted octanol–water partition coefficient (Wildman–Crippen LogP) is 2.92. The highest BCUT2D eigenvalue weighted by molar-refractivity contribution is 7.10. The van der Waals surface area contributed by atoms with E-state index in [4.69, 9.17) is 4.74 Å². The number of thiophene rings is 1. The summed E-state index contributed by atoms with van der Waals surface area (Å²) in [4.78, 5) is 24.1. The van der Waals surface area contributed by atoms with E-state index in [9.17, 15) is 9.59 Å². The van der Waals surface area contributed by atoms with Crippen LogP contribution in [0.3, 0.4) is 0 Å². The van der Waals surface area contributed by atoms with Crippen LogP contribution in [0.2, 0.25) is 0 Å². The van der Waals surface area contributed by atoms with Gasteiger partial charge in [0.2, 0.25) is 0 Å². The van der Waals surface area contributed by atoms with E-state index < -0.39 is 11.7 Å². The molecule has 0 bridgehead atoms. The topological polar surface area (TPSA) is 64.6 Å². The summed E-state index contributed by atoms with van der Waals surface area (Å²) in [6.07, 6.45) is 0.482. The minimum Gasteiger partial charge on any atom is -0.465 e. The summed E-state index contributed by atoms with van der Waals surface area (Å²) < 4.78 is 9.89. The van der Waals surface area contributed by atoms with E-state index in [1.54, 1.807) is 5.38 Å². The van der Waals surface area contributed by atoms with Crippen molar-refractivity contribution in [3.8, 4) is 0 Å². The highest BCUT2D eigenvalue weighted by Crippen LogP contribution is 2.43. The van der Waals surface area contributed by atoms with Crippen molar-refractivity contribution in [2.24, 2.45) is 0 Å². The minimum atomic E-state index is -0.491. The van der Waals surface area contributed by atoms with Gasteiger partial charge >= 0.3 is 12.1 Å². The Morgan fingerprint density at radius 1 is 1.40 bits per heavy atom. The van der Waals surface area contributed by atoms with E-state index >= 15 is 0 Å². The van der Waals surface area contributed by atoms with Crippen molar-refractivity contribution >= 4 is 23.4 Å². The van der Waals surface area contributed by atoms with Gasteiger partial charge in [0.1, 0.15) is 5.60 Å². The van der Waals surface area contributed by atoms with Gasteiger partial charge in [0.15, 0.2) is 0 Å². The maximum Gasteiger partial charge on any atom is 0.407 e. The van der Waals surface area contributed by atoms with Gasteiger partial charge in [0, 0.05) is 22.2 Å². The third-order valence-corrected chi connectivity index (χ3v) is 3.96. The Bertz CT molecular complexity index is 517. The first-order chi connectivity index (χ1) is 9.30. The Kier molecular flexibility index (Phi) is 4.04. The molecule has 5 nitrogen and oxygen atoms in total. The van der Waals surface area contributed by atoms with Gasteiger partial charge in [-0.05, 0) is 33.3 Å². The van der Waals surface area contributed by atoms with E-state index in [0.717, 1.165) is 11.3 Å². The van der Waals surface area contributed by atoms with Crippen molar-refractivity contribution in [2.45, 2.75) is 44.8 Å². The van der Waals surface area contributed by atoms with Gasteiger partial charge in [-0.2, -0.15) is 0 Å². The van der Waals surface area contributed by atoms with Crippen LogP contribution in [-0.4, -0.2) is 30.8 Å². The summed E-state index contributed by atoms with van der Waals surface area (Å²) in [7, 11) is 1.36. The zero-order valence-corrected chi connectivity index (χ0v) is 12.9. The quantitative estimate of drug-likeness (QED) is 0.871. The second-order valence-corrected chi connectivity index (χ2v) is 6.77. The summed E-state index contributed by atoms with van der Waals surface area (Å²) in [6, 6.07) is 1.92. The molecule has 1 heterocycles. The normalized spacial score (nSPS) is 21.2. The van der Waals surface area contributed by atoms with Crippen molar-refractivity contribution in [2.75, 3.05) is 7.11 Å². The predicted molar refractivity (Wildman–Crippen MR) is 76.2 cm³/mol. The second kappa shape index (κ2) is 5.44. The number of hydrogen-bond donors (Lipinski definition) is 1. The Labute approximate surface area is 122 Å². The summed E-state index contributed by atoms with van der Waals surface area (Å²) >= 11 is 1.51. The van der Waals surface area contributed by atoms with Gasteiger partial charge in [-0.15, -0.1) is 11.3 Å². The number of esters is 1. The fourth-order valence-corrected chi connectivity index (χ4v) is 2.96. The lowest BCUT2D eigenvalue weighted by molar-refractivity contribution is 0.0521. The van der Waals surface area contributed by atoms with Crippen molar-refractivity contribution in [1.29, 1.82) is 0 Å². The molecule has 1 N–H and O–H groups in total. The number of carbonyl (C=O) groups excluding carboxylic acids is 2. The number of carbonyl (C=O) groups is 2. The zero-order chi connectivity index (χ0) is 14.9. The van der Waals surface area contributed by atoms with Gasteiger partial charge < -0.3 is 14.8 Å². The molecule has 2 atom stereocenters. The molecule has 1 aliphatic carbocycles. The Morgan fingerprint density at radius 3 is 2.70 bits per heavy atom. The van der Waals surface area contributed by atoms with Crippen LogP contribution in [0, 0.1) is 0 Å². The number of hydrogen-bond acceptors (Lipinski definition) is 5. The van der Waals surface area contributed by atoms with Crippen LogP contribution >= 0.6 is 11.3 Å². The summed E-state index contributed by atoms with van der Waals surface area (Å²) in [5.74, 6) is -0.0595. The molecule has 0 aliphatic heterocycles. The van der Waals surface area contributed by atoms with Gasteiger partial charge in [-0.1, -0.05) is 0 Å². The van der Waals surface area contributed by atoms with Crippen molar-refractivity contribution in [1.82, 2.24) is 5.32 Å². The average molecular weight is 297 g/mol. The minimum absolute atomic E-state index is 0.0917. The molecule has 110 valence electrons. The third-order valence-electron chi connectivity index (χ3n) is 2.90. The van der Waals surface area contributed by atoms with Crippen LogP contribution in [0.5, 0.6) is 0 Å². The Hall–Kier alpha value is -1.56. The standard InChI is InChI=1S/C14H19NO4S/c1-14(2,3)19-13(17)15-10-6-9(10)11-5-8(7-20-11)12(16)18-4/h5,7,9-10H,6H2,1-4H3,(H,15,17). The molecule has 20 heavy (non-hydrogen) atoms. The van der Waals surface area contributed by atoms with Crippen LogP contribution < -0.4 is 5.32 Å². The fourth-order valence-electron chi connectivity index (χ4n) is 1.90. The molecule has 0 saturated heterocycles. The number of rotatable bonds is 3. The van der Waals surface area contributed by atoms with E-state index in [0.29, 0.717) is 5.56 Å². The van der Waals surface area contributed by atoms with Crippen LogP contribution in [-0.2, 0) is 9.47 Å². The molecule has 1 aliphatic rings. The average Bonchev–Trinajstić information content (AvgIpc) is 2.90. The number of methoxy groups -OCH3 is 1. The SMILES string of the molecule is COC(=O)c1csc(C2CC2NC(=O)OC(C)(C)C)c1. The first kappa shape index (κ1) is 14.8. The van der Waals surface area contributed by atoms with Crippen molar-refractivity contribution in [3.63, 3.8) is 0 Å². The van der Waals surface area contributed by atoms with E-state index in [1.165, 1.54) is 18.4 Å². The molecule has 1 saturated carbocycles. The second-order valence-electron chi connectivity index (χ2n) is 5.82. The molecule has 1 fully saturated rings. The molecular formula is C14H19NO4S. The largest absolute Gasteiger partial charge is 0.465 e. The van der Waals surface area contributed by atoms with Crippen molar-refractivity contribution in [3.05, 3.63) is 21.9 Å². The highest BCUT2D eigenvalue weighted by Gasteiger charge is 2.41. The van der Waals surface area contributed by atoms with Crippen LogP contribution in [0.15, 0.2) is 11.4 Å². The maximum atomic E-state index is 11.6. The number of alkyl carbamates (subject to hydrolysis) is 1.